The van der Waals surface area contributed by atoms with E-state index in [9.17, 15) is 19.2 Å². The van der Waals surface area contributed by atoms with E-state index in [4.69, 9.17) is 18.9 Å². The molecule has 0 unspecified atom stereocenters. The molecule has 4 aromatic carbocycles. The molecule has 4 N–H and O–H groups in total. The Morgan fingerprint density at radius 2 is 0.914 bits per heavy atom. The quantitative estimate of drug-likeness (QED) is 0.124. The van der Waals surface area contributed by atoms with Crippen molar-refractivity contribution in [3.63, 3.8) is 0 Å². The molecule has 18 nitrogen and oxygen atoms in total. The van der Waals surface area contributed by atoms with E-state index in [0.29, 0.717) is 78.3 Å². The van der Waals surface area contributed by atoms with E-state index in [-0.39, 0.29) is 22.9 Å². The predicted octanol–water partition coefficient (Wildman–Crippen LogP) is 3.08. The predicted molar refractivity (Wildman–Crippen MR) is 265 cm³/mol. The van der Waals surface area contributed by atoms with E-state index in [0.717, 1.165) is 95.5 Å². The van der Waals surface area contributed by atoms with Crippen LogP contribution in [0.25, 0.3) is 22.1 Å². The lowest BCUT2D eigenvalue weighted by atomic mass is 9.86. The molecule has 6 heterocycles. The van der Waals surface area contributed by atoms with Gasteiger partial charge < -0.3 is 48.5 Å². The van der Waals surface area contributed by atoms with Gasteiger partial charge in [-0.3, -0.25) is 29.8 Å². The standard InChI is InChI=1S/2C26H31N5O4/c2*1-27-25(33)26(29-17-19-6-7-22-23(16-19)35-15-14-34-22)8-10-30(11-9-26)12-13-31-21-5-3-2-4-20(21)28-18-24(31)32/h2*2-7,16,18,29H,8-15,17H2,1H3,(H,27,33). The number of nitrogens with one attached hydrogen (secondary N) is 4. The van der Waals surface area contributed by atoms with E-state index in [1.165, 1.54) is 12.4 Å². The first-order valence-corrected chi connectivity index (χ1v) is 24.2. The largest absolute Gasteiger partial charge is 0.486 e. The van der Waals surface area contributed by atoms with Gasteiger partial charge >= 0.3 is 0 Å². The zero-order valence-electron chi connectivity index (χ0n) is 39.9. The Hall–Kier alpha value is -6.86. The summed E-state index contributed by atoms with van der Waals surface area (Å²) in [5.41, 5.74) is 3.93. The molecule has 4 aliphatic heterocycles. The minimum absolute atomic E-state index is 0.00559. The van der Waals surface area contributed by atoms with Crippen LogP contribution < -0.4 is 51.3 Å². The fraction of sp³-hybridized carbons (Fsp3) is 0.423. The second-order valence-electron chi connectivity index (χ2n) is 18.1. The lowest BCUT2D eigenvalue weighted by molar-refractivity contribution is -0.130. The SMILES string of the molecule is CNC(=O)C1(NCc2ccc3c(c2)OCCO3)CCN(CCn2c(=O)cnc3ccccc32)CC1.CNC(=O)C1(NCc2ccc3c(c2)OCCO3)CCN(CCn2c(=O)cnc3ccccc32)CC1. The van der Waals surface area contributed by atoms with E-state index in [1.54, 1.807) is 23.2 Å². The number of amides is 2. The van der Waals surface area contributed by atoms with Crippen molar-refractivity contribution in [1.29, 1.82) is 0 Å². The van der Waals surface area contributed by atoms with Gasteiger partial charge in [0.2, 0.25) is 11.8 Å². The monoisotopic (exact) mass is 954 g/mol. The average Bonchev–Trinajstić information content (AvgIpc) is 3.41. The fourth-order valence-corrected chi connectivity index (χ4v) is 9.88. The third-order valence-electron chi connectivity index (χ3n) is 14.0. The van der Waals surface area contributed by atoms with Crippen LogP contribution >= 0.6 is 0 Å². The Labute approximate surface area is 406 Å². The van der Waals surface area contributed by atoms with Gasteiger partial charge in [-0.15, -0.1) is 0 Å². The molecule has 0 saturated carbocycles. The van der Waals surface area contributed by atoms with Crippen LogP contribution in [0.3, 0.4) is 0 Å². The summed E-state index contributed by atoms with van der Waals surface area (Å²) < 4.78 is 26.2. The lowest BCUT2D eigenvalue weighted by Gasteiger charge is -2.41. The van der Waals surface area contributed by atoms with E-state index < -0.39 is 11.1 Å². The summed E-state index contributed by atoms with van der Waals surface area (Å²) in [6.45, 7) is 9.02. The Bertz CT molecular complexity index is 2730. The highest BCUT2D eigenvalue weighted by molar-refractivity contribution is 5.87. The summed E-state index contributed by atoms with van der Waals surface area (Å²) in [4.78, 5) is 63.9. The van der Waals surface area contributed by atoms with Crippen LogP contribution in [-0.4, -0.2) is 132 Å². The number of nitrogens with zero attached hydrogens (tertiary/aromatic N) is 6. The first-order chi connectivity index (χ1) is 34.2. The highest BCUT2D eigenvalue weighted by Gasteiger charge is 2.41. The van der Waals surface area contributed by atoms with E-state index in [1.807, 2.05) is 84.9 Å². The van der Waals surface area contributed by atoms with E-state index >= 15 is 0 Å². The molecule has 18 heteroatoms. The van der Waals surface area contributed by atoms with Crippen molar-refractivity contribution in [2.45, 2.75) is 62.9 Å². The number of piperidine rings is 2. The molecule has 2 saturated heterocycles. The van der Waals surface area contributed by atoms with Gasteiger partial charge in [0.15, 0.2) is 23.0 Å². The van der Waals surface area contributed by atoms with Crippen LogP contribution in [0, 0.1) is 0 Å². The van der Waals surface area contributed by atoms with Crippen LogP contribution in [-0.2, 0) is 35.8 Å². The second-order valence-corrected chi connectivity index (χ2v) is 18.1. The van der Waals surface area contributed by atoms with Crippen molar-refractivity contribution in [3.8, 4) is 23.0 Å². The highest BCUT2D eigenvalue weighted by atomic mass is 16.6. The van der Waals surface area contributed by atoms with Crippen molar-refractivity contribution < 1.29 is 28.5 Å². The molecular formula is C52H62N10O8. The number of rotatable bonds is 14. The number of carbonyl (C=O) groups is 2. The van der Waals surface area contributed by atoms with Gasteiger partial charge in [-0.2, -0.15) is 0 Å². The summed E-state index contributed by atoms with van der Waals surface area (Å²) >= 11 is 0. The maximum atomic E-state index is 12.9. The highest BCUT2D eigenvalue weighted by Crippen LogP contribution is 2.33. The molecule has 4 aliphatic rings. The summed E-state index contributed by atoms with van der Waals surface area (Å²) in [6.07, 6.45) is 5.51. The molecule has 2 amide bonds. The van der Waals surface area contributed by atoms with Crippen molar-refractivity contribution in [3.05, 3.63) is 129 Å². The first kappa shape index (κ1) is 48.2. The third kappa shape index (κ3) is 10.8. The zero-order valence-corrected chi connectivity index (χ0v) is 39.9. The zero-order chi connectivity index (χ0) is 48.5. The molecule has 2 aromatic heterocycles. The van der Waals surface area contributed by atoms with Crippen molar-refractivity contribution >= 4 is 33.9 Å². The Balaban J connectivity index is 0.000000174. The molecule has 6 aromatic rings. The lowest BCUT2D eigenvalue weighted by Crippen LogP contribution is -2.61. The van der Waals surface area contributed by atoms with Gasteiger partial charge in [0.05, 0.1) is 34.5 Å². The molecule has 0 atom stereocenters. The summed E-state index contributed by atoms with van der Waals surface area (Å²) in [5, 5.41) is 12.8. The van der Waals surface area contributed by atoms with Gasteiger partial charge in [0.1, 0.15) is 37.5 Å². The van der Waals surface area contributed by atoms with Gasteiger partial charge in [-0.1, -0.05) is 36.4 Å². The van der Waals surface area contributed by atoms with Crippen LogP contribution in [0.4, 0.5) is 0 Å². The fourth-order valence-electron chi connectivity index (χ4n) is 9.88. The number of hydrogen-bond donors (Lipinski definition) is 4. The minimum atomic E-state index is -0.640. The van der Waals surface area contributed by atoms with Crippen LogP contribution in [0.1, 0.15) is 36.8 Å². The van der Waals surface area contributed by atoms with Crippen LogP contribution in [0.15, 0.2) is 107 Å². The van der Waals surface area contributed by atoms with Gasteiger partial charge in [0, 0.05) is 79.5 Å². The summed E-state index contributed by atoms with van der Waals surface area (Å²) in [6, 6.07) is 27.2. The summed E-state index contributed by atoms with van der Waals surface area (Å²) in [7, 11) is 3.37. The van der Waals surface area contributed by atoms with Gasteiger partial charge in [-0.05, 0) is 85.3 Å². The normalized spacial score (nSPS) is 17.3. The molecule has 0 spiro atoms. The van der Waals surface area contributed by atoms with Crippen molar-refractivity contribution in [2.24, 2.45) is 0 Å². The Morgan fingerprint density at radius 1 is 0.529 bits per heavy atom. The van der Waals surface area contributed by atoms with Crippen molar-refractivity contribution in [2.75, 3.05) is 79.8 Å². The molecule has 0 aliphatic carbocycles. The second kappa shape index (κ2) is 21.8. The number of likely N-dealkylation sites (N-methyl/N-ethyl adjacent to an activating group) is 2. The number of para-hydroxylation sites is 4. The topological polar surface area (TPSA) is 195 Å². The number of aromatic nitrogens is 4. The van der Waals surface area contributed by atoms with Crippen molar-refractivity contribution in [1.82, 2.24) is 50.2 Å². The molecular weight excluding hydrogens is 893 g/mol. The maximum absolute atomic E-state index is 12.9. The number of likely N-dealkylation sites (tertiary alicyclic amines) is 2. The van der Waals surface area contributed by atoms with Gasteiger partial charge in [-0.25, -0.2) is 9.97 Å². The molecule has 2 fully saturated rings. The number of benzene rings is 4. The number of hydrogen-bond acceptors (Lipinski definition) is 14. The van der Waals surface area contributed by atoms with Gasteiger partial charge in [0.25, 0.3) is 11.1 Å². The summed E-state index contributed by atoms with van der Waals surface area (Å²) in [5.74, 6) is 3.03. The number of carbonyl (C=O) groups excluding carboxylic acids is 2. The molecule has 368 valence electrons. The van der Waals surface area contributed by atoms with Crippen LogP contribution in [0.5, 0.6) is 23.0 Å². The molecule has 0 radical (unpaired) electrons. The first-order valence-electron chi connectivity index (χ1n) is 24.2. The minimum Gasteiger partial charge on any atom is -0.486 e. The molecule has 10 rings (SSSR count). The maximum Gasteiger partial charge on any atom is 0.269 e. The smallest absolute Gasteiger partial charge is 0.269 e. The number of ether oxygens (including phenoxy) is 4. The Kier molecular flexibility index (Phi) is 15.0. The number of fused-ring (bicyclic) bond motifs is 4. The third-order valence-corrected chi connectivity index (χ3v) is 14.0. The Morgan fingerprint density at radius 3 is 1.31 bits per heavy atom. The molecule has 0 bridgehead atoms. The van der Waals surface area contributed by atoms with E-state index in [2.05, 4.69) is 41.0 Å². The van der Waals surface area contributed by atoms with Crippen LogP contribution in [0.2, 0.25) is 0 Å². The molecule has 70 heavy (non-hydrogen) atoms. The average molecular weight is 955 g/mol.